The lowest BCUT2D eigenvalue weighted by Crippen LogP contribution is -2.48. The highest BCUT2D eigenvalue weighted by Gasteiger charge is 2.26. The van der Waals surface area contributed by atoms with Crippen LogP contribution in [0.1, 0.15) is 35.3 Å². The van der Waals surface area contributed by atoms with Gasteiger partial charge in [-0.15, -0.1) is 0 Å². The van der Waals surface area contributed by atoms with Gasteiger partial charge in [-0.1, -0.05) is 30.3 Å². The second-order valence-corrected chi connectivity index (χ2v) is 7.25. The Balaban J connectivity index is 1.53. The largest absolute Gasteiger partial charge is 0.508 e. The van der Waals surface area contributed by atoms with Gasteiger partial charge in [0.2, 0.25) is 5.91 Å². The van der Waals surface area contributed by atoms with E-state index in [1.54, 1.807) is 36.4 Å². The molecule has 0 spiro atoms. The third-order valence-electron chi connectivity index (χ3n) is 4.74. The Morgan fingerprint density at radius 1 is 1.07 bits per heavy atom. The lowest BCUT2D eigenvalue weighted by molar-refractivity contribution is -0.120. The van der Waals surface area contributed by atoms with E-state index in [4.69, 9.17) is 4.74 Å². The molecule has 1 heterocycles. The first-order chi connectivity index (χ1) is 13.4. The molecule has 28 heavy (non-hydrogen) atoms. The number of amides is 2. The number of nitrogens with zero attached hydrogens (tertiary/aromatic N) is 1. The second kappa shape index (κ2) is 8.89. The standard InChI is InChI=1S/C22H26N2O4/c1-15-13-24(14-16(2)28-15)22(27)18-9-7-17(8-10-18)12-23-21(26)11-19-5-3-4-6-20(19)25/h3-10,15-16,25H,11-14H2,1-2H3,(H,23,26). The first-order valence-electron chi connectivity index (χ1n) is 9.49. The van der Waals surface area contributed by atoms with Crippen molar-refractivity contribution in [2.45, 2.75) is 39.0 Å². The zero-order valence-corrected chi connectivity index (χ0v) is 16.2. The van der Waals surface area contributed by atoms with E-state index in [9.17, 15) is 14.7 Å². The molecule has 0 aliphatic carbocycles. The highest BCUT2D eigenvalue weighted by Crippen LogP contribution is 2.17. The Hall–Kier alpha value is -2.86. The molecular formula is C22H26N2O4. The number of aromatic hydroxyl groups is 1. The van der Waals surface area contributed by atoms with Crippen molar-refractivity contribution in [2.75, 3.05) is 13.1 Å². The number of phenolic OH excluding ortho intramolecular Hbond substituents is 1. The topological polar surface area (TPSA) is 78.9 Å². The third-order valence-corrected chi connectivity index (χ3v) is 4.74. The van der Waals surface area contributed by atoms with Crippen LogP contribution in [0.5, 0.6) is 5.75 Å². The number of morpholine rings is 1. The number of para-hydroxylation sites is 1. The van der Waals surface area contributed by atoms with Crippen molar-refractivity contribution in [1.29, 1.82) is 0 Å². The molecule has 0 radical (unpaired) electrons. The van der Waals surface area contributed by atoms with Gasteiger partial charge in [0, 0.05) is 30.8 Å². The zero-order valence-electron chi connectivity index (χ0n) is 16.2. The minimum Gasteiger partial charge on any atom is -0.508 e. The summed E-state index contributed by atoms with van der Waals surface area (Å²) in [6.07, 6.45) is 0.189. The van der Waals surface area contributed by atoms with E-state index in [1.807, 2.05) is 30.9 Å². The summed E-state index contributed by atoms with van der Waals surface area (Å²) in [7, 11) is 0. The van der Waals surface area contributed by atoms with Gasteiger partial charge in [-0.05, 0) is 37.6 Å². The van der Waals surface area contributed by atoms with Crippen LogP contribution in [-0.4, -0.2) is 47.1 Å². The summed E-state index contributed by atoms with van der Waals surface area (Å²) in [6.45, 7) is 5.49. The van der Waals surface area contributed by atoms with Crippen molar-refractivity contribution in [3.8, 4) is 5.75 Å². The van der Waals surface area contributed by atoms with Crippen LogP contribution in [0.15, 0.2) is 48.5 Å². The molecule has 0 saturated carbocycles. The maximum Gasteiger partial charge on any atom is 0.254 e. The average Bonchev–Trinajstić information content (AvgIpc) is 2.67. The summed E-state index contributed by atoms with van der Waals surface area (Å²) >= 11 is 0. The summed E-state index contributed by atoms with van der Waals surface area (Å²) in [5, 5.41) is 12.6. The van der Waals surface area contributed by atoms with E-state index in [0.29, 0.717) is 30.8 Å². The minimum absolute atomic E-state index is 0.00265. The molecule has 2 N–H and O–H groups in total. The number of carbonyl (C=O) groups is 2. The molecule has 6 nitrogen and oxygen atoms in total. The fourth-order valence-corrected chi connectivity index (χ4v) is 3.39. The Kier molecular flexibility index (Phi) is 6.31. The van der Waals surface area contributed by atoms with Crippen molar-refractivity contribution in [1.82, 2.24) is 10.2 Å². The molecule has 3 rings (SSSR count). The predicted molar refractivity (Wildman–Crippen MR) is 106 cm³/mol. The molecule has 0 bridgehead atoms. The highest BCUT2D eigenvalue weighted by molar-refractivity contribution is 5.94. The van der Waals surface area contributed by atoms with Gasteiger partial charge in [0.05, 0.1) is 18.6 Å². The zero-order chi connectivity index (χ0) is 20.1. The number of phenols is 1. The Bertz CT molecular complexity index is 825. The van der Waals surface area contributed by atoms with Crippen LogP contribution in [0.2, 0.25) is 0 Å². The fourth-order valence-electron chi connectivity index (χ4n) is 3.39. The molecule has 1 fully saturated rings. The maximum absolute atomic E-state index is 12.7. The SMILES string of the molecule is CC1CN(C(=O)c2ccc(CNC(=O)Cc3ccccc3O)cc2)CC(C)O1. The van der Waals surface area contributed by atoms with E-state index in [0.717, 1.165) is 5.56 Å². The average molecular weight is 382 g/mol. The summed E-state index contributed by atoms with van der Waals surface area (Å²) in [6, 6.07) is 14.1. The molecule has 1 aliphatic heterocycles. The normalized spacial score (nSPS) is 19.3. The van der Waals surface area contributed by atoms with E-state index >= 15 is 0 Å². The molecule has 2 atom stereocenters. The molecule has 148 valence electrons. The van der Waals surface area contributed by atoms with E-state index in [1.165, 1.54) is 0 Å². The molecule has 6 heteroatoms. The number of hydrogen-bond donors (Lipinski definition) is 2. The number of hydrogen-bond acceptors (Lipinski definition) is 4. The lowest BCUT2D eigenvalue weighted by atomic mass is 10.1. The Morgan fingerprint density at radius 2 is 1.71 bits per heavy atom. The quantitative estimate of drug-likeness (QED) is 0.833. The van der Waals surface area contributed by atoms with Gasteiger partial charge in [-0.25, -0.2) is 0 Å². The highest BCUT2D eigenvalue weighted by atomic mass is 16.5. The number of carbonyl (C=O) groups excluding carboxylic acids is 2. The van der Waals surface area contributed by atoms with E-state index in [-0.39, 0.29) is 36.2 Å². The van der Waals surface area contributed by atoms with E-state index in [2.05, 4.69) is 5.32 Å². The van der Waals surface area contributed by atoms with Crippen molar-refractivity contribution < 1.29 is 19.4 Å². The molecule has 1 saturated heterocycles. The Morgan fingerprint density at radius 3 is 2.36 bits per heavy atom. The van der Waals surface area contributed by atoms with Gasteiger partial charge in [-0.2, -0.15) is 0 Å². The van der Waals surface area contributed by atoms with Crippen LogP contribution in [0.3, 0.4) is 0 Å². The molecule has 1 aliphatic rings. The first-order valence-corrected chi connectivity index (χ1v) is 9.49. The van der Waals surface area contributed by atoms with Crippen LogP contribution in [-0.2, 0) is 22.5 Å². The van der Waals surface area contributed by atoms with Gasteiger partial charge >= 0.3 is 0 Å². The van der Waals surface area contributed by atoms with Crippen LogP contribution in [0, 0.1) is 0 Å². The lowest BCUT2D eigenvalue weighted by Gasteiger charge is -2.35. The maximum atomic E-state index is 12.7. The van der Waals surface area contributed by atoms with Crippen molar-refractivity contribution in [2.24, 2.45) is 0 Å². The summed E-state index contributed by atoms with van der Waals surface area (Å²) in [4.78, 5) is 26.6. The smallest absolute Gasteiger partial charge is 0.254 e. The molecule has 0 aromatic heterocycles. The van der Waals surface area contributed by atoms with Crippen LogP contribution in [0.25, 0.3) is 0 Å². The van der Waals surface area contributed by atoms with E-state index < -0.39 is 0 Å². The second-order valence-electron chi connectivity index (χ2n) is 7.25. The number of nitrogens with one attached hydrogen (secondary N) is 1. The molecule has 2 amide bonds. The number of benzene rings is 2. The summed E-state index contributed by atoms with van der Waals surface area (Å²) < 4.78 is 5.68. The summed E-state index contributed by atoms with van der Waals surface area (Å²) in [5.74, 6) is -0.0534. The van der Waals surface area contributed by atoms with Crippen molar-refractivity contribution >= 4 is 11.8 Å². The predicted octanol–water partition coefficient (Wildman–Crippen LogP) is 2.50. The van der Waals surface area contributed by atoms with Crippen molar-refractivity contribution in [3.05, 3.63) is 65.2 Å². The van der Waals surface area contributed by atoms with Gasteiger partial charge in [0.15, 0.2) is 0 Å². The molecule has 2 aromatic rings. The summed E-state index contributed by atoms with van der Waals surface area (Å²) in [5.41, 5.74) is 2.13. The number of rotatable bonds is 5. The van der Waals surface area contributed by atoms with Crippen LogP contribution >= 0.6 is 0 Å². The monoisotopic (exact) mass is 382 g/mol. The molecule has 2 aromatic carbocycles. The van der Waals surface area contributed by atoms with Crippen molar-refractivity contribution in [3.63, 3.8) is 0 Å². The Labute approximate surface area is 165 Å². The molecule has 2 unspecified atom stereocenters. The number of ether oxygens (including phenoxy) is 1. The minimum atomic E-state index is -0.169. The fraction of sp³-hybridized carbons (Fsp3) is 0.364. The first kappa shape index (κ1) is 19.9. The van der Waals surface area contributed by atoms with Gasteiger partial charge in [0.25, 0.3) is 5.91 Å². The van der Waals surface area contributed by atoms with Gasteiger partial charge in [0.1, 0.15) is 5.75 Å². The van der Waals surface area contributed by atoms with Gasteiger partial charge in [-0.3, -0.25) is 9.59 Å². The third kappa shape index (κ3) is 5.10. The van der Waals surface area contributed by atoms with Crippen LogP contribution < -0.4 is 5.32 Å². The molecular weight excluding hydrogens is 356 g/mol. The van der Waals surface area contributed by atoms with Crippen LogP contribution in [0.4, 0.5) is 0 Å². The van der Waals surface area contributed by atoms with Gasteiger partial charge < -0.3 is 20.1 Å².